The molecule has 1 heterocycles. The molecular formula is C14H19N3O2. The highest BCUT2D eigenvalue weighted by molar-refractivity contribution is 5.53. The first-order valence-corrected chi connectivity index (χ1v) is 6.39. The second kappa shape index (κ2) is 6.33. The van der Waals surface area contributed by atoms with Crippen molar-refractivity contribution in [2.45, 2.75) is 26.3 Å². The van der Waals surface area contributed by atoms with Crippen LogP contribution in [-0.2, 0) is 6.42 Å². The Bertz CT molecular complexity index is 506. The predicted octanol–water partition coefficient (Wildman–Crippen LogP) is 2.29. The summed E-state index contributed by atoms with van der Waals surface area (Å²) < 4.78 is 10.7. The lowest BCUT2D eigenvalue weighted by Gasteiger charge is -2.04. The number of nitrogens with zero attached hydrogens (tertiary/aromatic N) is 2. The third kappa shape index (κ3) is 3.79. The van der Waals surface area contributed by atoms with Crippen LogP contribution in [-0.4, -0.2) is 29.9 Å². The minimum absolute atomic E-state index is 0.462. The van der Waals surface area contributed by atoms with E-state index in [1.54, 1.807) is 7.11 Å². The molecule has 1 N–H and O–H groups in total. The number of methoxy groups -OCH3 is 1. The van der Waals surface area contributed by atoms with Gasteiger partial charge >= 0.3 is 0 Å². The van der Waals surface area contributed by atoms with Crippen molar-refractivity contribution in [3.63, 3.8) is 0 Å². The maximum absolute atomic E-state index is 5.62. The first-order valence-electron chi connectivity index (χ1n) is 6.39. The molecule has 0 saturated heterocycles. The molecule has 19 heavy (non-hydrogen) atoms. The monoisotopic (exact) mass is 261 g/mol. The SMILES string of the molecule is COc1ccc(-c2nnc(CCNC(C)C)o2)cc1. The number of rotatable bonds is 6. The first-order chi connectivity index (χ1) is 9.19. The Morgan fingerprint density at radius 1 is 1.21 bits per heavy atom. The van der Waals surface area contributed by atoms with Gasteiger partial charge in [0.25, 0.3) is 0 Å². The van der Waals surface area contributed by atoms with Crippen LogP contribution >= 0.6 is 0 Å². The lowest BCUT2D eigenvalue weighted by Crippen LogP contribution is -2.25. The maximum atomic E-state index is 5.62. The molecule has 0 atom stereocenters. The van der Waals surface area contributed by atoms with Crippen molar-refractivity contribution in [1.29, 1.82) is 0 Å². The van der Waals surface area contributed by atoms with Crippen LogP contribution in [0.3, 0.4) is 0 Å². The van der Waals surface area contributed by atoms with Crippen LogP contribution in [0, 0.1) is 0 Å². The maximum Gasteiger partial charge on any atom is 0.247 e. The van der Waals surface area contributed by atoms with Crippen LogP contribution < -0.4 is 10.1 Å². The van der Waals surface area contributed by atoms with E-state index in [0.717, 1.165) is 24.3 Å². The number of benzene rings is 1. The number of aromatic nitrogens is 2. The molecule has 0 fully saturated rings. The third-order valence-electron chi connectivity index (χ3n) is 2.70. The van der Waals surface area contributed by atoms with E-state index in [4.69, 9.17) is 9.15 Å². The van der Waals surface area contributed by atoms with Crippen LogP contribution in [0.5, 0.6) is 5.75 Å². The summed E-state index contributed by atoms with van der Waals surface area (Å²) in [6.45, 7) is 5.05. The van der Waals surface area contributed by atoms with Gasteiger partial charge in [-0.2, -0.15) is 0 Å². The Hall–Kier alpha value is -1.88. The molecule has 5 heteroatoms. The molecule has 0 saturated carbocycles. The minimum Gasteiger partial charge on any atom is -0.497 e. The van der Waals surface area contributed by atoms with Crippen LogP contribution in [0.1, 0.15) is 19.7 Å². The normalized spacial score (nSPS) is 10.9. The zero-order valence-corrected chi connectivity index (χ0v) is 11.5. The predicted molar refractivity (Wildman–Crippen MR) is 73.1 cm³/mol. The molecule has 2 rings (SSSR count). The number of hydrogen-bond acceptors (Lipinski definition) is 5. The lowest BCUT2D eigenvalue weighted by molar-refractivity contribution is 0.415. The Balaban J connectivity index is 1.99. The van der Waals surface area contributed by atoms with E-state index >= 15 is 0 Å². The van der Waals surface area contributed by atoms with Gasteiger partial charge in [-0.3, -0.25) is 0 Å². The van der Waals surface area contributed by atoms with E-state index in [-0.39, 0.29) is 0 Å². The summed E-state index contributed by atoms with van der Waals surface area (Å²) in [5.74, 6) is 2.01. The highest BCUT2D eigenvalue weighted by Gasteiger charge is 2.08. The van der Waals surface area contributed by atoms with Gasteiger partial charge < -0.3 is 14.5 Å². The summed E-state index contributed by atoms with van der Waals surface area (Å²) in [7, 11) is 1.64. The summed E-state index contributed by atoms with van der Waals surface area (Å²) in [6.07, 6.45) is 0.737. The van der Waals surface area contributed by atoms with Gasteiger partial charge in [-0.1, -0.05) is 13.8 Å². The smallest absolute Gasteiger partial charge is 0.247 e. The zero-order chi connectivity index (χ0) is 13.7. The van der Waals surface area contributed by atoms with E-state index in [1.165, 1.54) is 0 Å². The van der Waals surface area contributed by atoms with Crippen molar-refractivity contribution >= 4 is 0 Å². The summed E-state index contributed by atoms with van der Waals surface area (Å²) in [6, 6.07) is 8.02. The van der Waals surface area contributed by atoms with E-state index < -0.39 is 0 Å². The highest BCUT2D eigenvalue weighted by atomic mass is 16.5. The van der Waals surface area contributed by atoms with Crippen molar-refractivity contribution in [3.05, 3.63) is 30.2 Å². The van der Waals surface area contributed by atoms with Crippen molar-refractivity contribution < 1.29 is 9.15 Å². The molecule has 0 amide bonds. The topological polar surface area (TPSA) is 60.2 Å². The van der Waals surface area contributed by atoms with Gasteiger partial charge in [0, 0.05) is 24.6 Å². The Labute approximate surface area is 113 Å². The zero-order valence-electron chi connectivity index (χ0n) is 11.5. The summed E-state index contributed by atoms with van der Waals surface area (Å²) in [4.78, 5) is 0. The van der Waals surface area contributed by atoms with Crippen molar-refractivity contribution in [1.82, 2.24) is 15.5 Å². The van der Waals surface area contributed by atoms with Crippen LogP contribution in [0.2, 0.25) is 0 Å². The van der Waals surface area contributed by atoms with Gasteiger partial charge in [0.15, 0.2) is 0 Å². The lowest BCUT2D eigenvalue weighted by atomic mass is 10.2. The van der Waals surface area contributed by atoms with E-state index in [0.29, 0.717) is 17.8 Å². The molecule has 5 nitrogen and oxygen atoms in total. The molecule has 1 aromatic heterocycles. The van der Waals surface area contributed by atoms with Crippen molar-refractivity contribution in [2.24, 2.45) is 0 Å². The van der Waals surface area contributed by atoms with E-state index in [2.05, 4.69) is 29.4 Å². The molecular weight excluding hydrogens is 242 g/mol. The van der Waals surface area contributed by atoms with Gasteiger partial charge in [0.2, 0.25) is 11.8 Å². The Kier molecular flexibility index (Phi) is 4.52. The fourth-order valence-electron chi connectivity index (χ4n) is 1.67. The summed E-state index contributed by atoms with van der Waals surface area (Å²) in [5, 5.41) is 11.4. The number of nitrogens with one attached hydrogen (secondary N) is 1. The molecule has 102 valence electrons. The van der Waals surface area contributed by atoms with Gasteiger partial charge in [-0.25, -0.2) is 0 Å². The van der Waals surface area contributed by atoms with Crippen LogP contribution in [0.15, 0.2) is 28.7 Å². The molecule has 0 aliphatic carbocycles. The van der Waals surface area contributed by atoms with E-state index in [9.17, 15) is 0 Å². The largest absolute Gasteiger partial charge is 0.497 e. The fraction of sp³-hybridized carbons (Fsp3) is 0.429. The van der Waals surface area contributed by atoms with Gasteiger partial charge in [0.1, 0.15) is 5.75 Å². The second-order valence-electron chi connectivity index (χ2n) is 4.59. The minimum atomic E-state index is 0.462. The molecule has 0 aliphatic rings. The standard InChI is InChI=1S/C14H19N3O2/c1-10(2)15-9-8-13-16-17-14(19-13)11-4-6-12(18-3)7-5-11/h4-7,10,15H,8-9H2,1-3H3. The fourth-order valence-corrected chi connectivity index (χ4v) is 1.67. The first kappa shape index (κ1) is 13.5. The van der Waals surface area contributed by atoms with Gasteiger partial charge in [0.05, 0.1) is 7.11 Å². The highest BCUT2D eigenvalue weighted by Crippen LogP contribution is 2.21. The molecule has 0 radical (unpaired) electrons. The van der Waals surface area contributed by atoms with Crippen molar-refractivity contribution in [3.8, 4) is 17.2 Å². The summed E-state index contributed by atoms with van der Waals surface area (Å²) >= 11 is 0. The van der Waals surface area contributed by atoms with Gasteiger partial charge in [-0.05, 0) is 24.3 Å². The van der Waals surface area contributed by atoms with Crippen LogP contribution in [0.25, 0.3) is 11.5 Å². The summed E-state index contributed by atoms with van der Waals surface area (Å²) in [5.41, 5.74) is 0.899. The van der Waals surface area contributed by atoms with E-state index in [1.807, 2.05) is 24.3 Å². The average molecular weight is 261 g/mol. The second-order valence-corrected chi connectivity index (χ2v) is 4.59. The third-order valence-corrected chi connectivity index (χ3v) is 2.70. The average Bonchev–Trinajstić information content (AvgIpc) is 2.87. The molecule has 0 unspecified atom stereocenters. The Morgan fingerprint density at radius 2 is 1.95 bits per heavy atom. The number of hydrogen-bond donors (Lipinski definition) is 1. The Morgan fingerprint density at radius 3 is 2.58 bits per heavy atom. The molecule has 2 aromatic rings. The quantitative estimate of drug-likeness (QED) is 0.864. The molecule has 0 bridgehead atoms. The van der Waals surface area contributed by atoms with Gasteiger partial charge in [-0.15, -0.1) is 10.2 Å². The number of ether oxygens (including phenoxy) is 1. The molecule has 0 spiro atoms. The van der Waals surface area contributed by atoms with Crippen molar-refractivity contribution in [2.75, 3.05) is 13.7 Å². The van der Waals surface area contributed by atoms with Crippen LogP contribution in [0.4, 0.5) is 0 Å². The molecule has 0 aliphatic heterocycles. The molecule has 1 aromatic carbocycles.